The van der Waals surface area contributed by atoms with Gasteiger partial charge in [-0.2, -0.15) is 0 Å². The highest BCUT2D eigenvalue weighted by Crippen LogP contribution is 2.21. The minimum atomic E-state index is -0.586. The fourth-order valence-corrected chi connectivity index (χ4v) is 3.10. The van der Waals surface area contributed by atoms with Gasteiger partial charge < -0.3 is 16.0 Å². The van der Waals surface area contributed by atoms with Crippen molar-refractivity contribution in [2.75, 3.05) is 18.4 Å². The van der Waals surface area contributed by atoms with Crippen LogP contribution in [0.3, 0.4) is 0 Å². The molecule has 1 aliphatic rings. The number of rotatable bonds is 3. The summed E-state index contributed by atoms with van der Waals surface area (Å²) >= 11 is 0. The zero-order valence-corrected chi connectivity index (χ0v) is 15.9. The normalized spacial score (nSPS) is 16.4. The number of likely N-dealkylation sites (tertiary alicyclic amines) is 1. The highest BCUT2D eigenvalue weighted by atomic mass is 35.5. The van der Waals surface area contributed by atoms with Gasteiger partial charge in [-0.1, -0.05) is 18.2 Å². The van der Waals surface area contributed by atoms with E-state index < -0.39 is 11.7 Å². The molecule has 0 aliphatic carbocycles. The second-order valence-corrected chi connectivity index (χ2v) is 6.62. The van der Waals surface area contributed by atoms with Crippen molar-refractivity contribution in [1.29, 1.82) is 0 Å². The third-order valence-electron chi connectivity index (χ3n) is 4.60. The van der Waals surface area contributed by atoms with Crippen molar-refractivity contribution in [1.82, 2.24) is 4.90 Å². The molecule has 2 aromatic carbocycles. The van der Waals surface area contributed by atoms with Gasteiger partial charge >= 0.3 is 0 Å². The molecule has 1 aliphatic heterocycles. The van der Waals surface area contributed by atoms with E-state index in [-0.39, 0.29) is 29.9 Å². The molecule has 0 spiro atoms. The molecule has 27 heavy (non-hydrogen) atoms. The van der Waals surface area contributed by atoms with E-state index in [2.05, 4.69) is 5.32 Å². The molecule has 0 bridgehead atoms. The standard InChI is InChI=1S/C20H22FN3O2.ClH/c1-13-8-9-14(20(26)24-10-4-5-15(22)12-24)11-18(13)23-19(25)16-6-2-3-7-17(16)21;/h2-3,6-9,11,15H,4-5,10,12,22H2,1H3,(H,23,25);1H. The summed E-state index contributed by atoms with van der Waals surface area (Å²) in [6, 6.07) is 10.9. The number of hydrogen-bond acceptors (Lipinski definition) is 3. The lowest BCUT2D eigenvalue weighted by Gasteiger charge is -2.31. The largest absolute Gasteiger partial charge is 0.337 e. The van der Waals surface area contributed by atoms with Gasteiger partial charge in [0, 0.05) is 30.4 Å². The number of carbonyl (C=O) groups is 2. The number of anilines is 1. The van der Waals surface area contributed by atoms with Crippen molar-refractivity contribution in [3.05, 3.63) is 65.0 Å². The van der Waals surface area contributed by atoms with Gasteiger partial charge in [0.05, 0.1) is 5.56 Å². The average molecular weight is 392 g/mol. The summed E-state index contributed by atoms with van der Waals surface area (Å²) in [5.41, 5.74) is 7.68. The molecule has 3 N–H and O–H groups in total. The van der Waals surface area contributed by atoms with Gasteiger partial charge in [-0.25, -0.2) is 4.39 Å². The molecule has 0 radical (unpaired) electrons. The number of nitrogens with two attached hydrogens (primary N) is 1. The van der Waals surface area contributed by atoms with E-state index in [0.717, 1.165) is 18.4 Å². The van der Waals surface area contributed by atoms with Crippen LogP contribution in [-0.4, -0.2) is 35.8 Å². The van der Waals surface area contributed by atoms with E-state index in [1.165, 1.54) is 18.2 Å². The Labute approximate surface area is 164 Å². The van der Waals surface area contributed by atoms with Crippen LogP contribution in [0.2, 0.25) is 0 Å². The lowest BCUT2D eigenvalue weighted by atomic mass is 10.0. The first-order valence-electron chi connectivity index (χ1n) is 8.67. The van der Waals surface area contributed by atoms with E-state index in [0.29, 0.717) is 24.3 Å². The molecule has 5 nitrogen and oxygen atoms in total. The van der Waals surface area contributed by atoms with Crippen molar-refractivity contribution >= 4 is 29.9 Å². The first-order chi connectivity index (χ1) is 12.5. The maximum atomic E-state index is 13.8. The van der Waals surface area contributed by atoms with Gasteiger partial charge in [-0.3, -0.25) is 9.59 Å². The summed E-state index contributed by atoms with van der Waals surface area (Å²) in [5.74, 6) is -1.24. The number of amides is 2. The summed E-state index contributed by atoms with van der Waals surface area (Å²) in [6.45, 7) is 3.03. The van der Waals surface area contributed by atoms with Crippen LogP contribution in [0, 0.1) is 12.7 Å². The molecule has 7 heteroatoms. The van der Waals surface area contributed by atoms with Crippen LogP contribution in [0.1, 0.15) is 39.1 Å². The van der Waals surface area contributed by atoms with Crippen LogP contribution in [0.15, 0.2) is 42.5 Å². The van der Waals surface area contributed by atoms with Crippen LogP contribution in [-0.2, 0) is 0 Å². The SMILES string of the molecule is Cc1ccc(C(=O)N2CCCC(N)C2)cc1NC(=O)c1ccccc1F.Cl. The number of piperidine rings is 1. The maximum absolute atomic E-state index is 13.8. The second kappa shape index (κ2) is 8.97. The number of nitrogens with one attached hydrogen (secondary N) is 1. The van der Waals surface area contributed by atoms with Gasteiger partial charge in [0.25, 0.3) is 11.8 Å². The quantitative estimate of drug-likeness (QED) is 0.842. The Morgan fingerprint density at radius 1 is 1.22 bits per heavy atom. The topological polar surface area (TPSA) is 75.4 Å². The van der Waals surface area contributed by atoms with Crippen molar-refractivity contribution in [2.45, 2.75) is 25.8 Å². The Morgan fingerprint density at radius 3 is 2.67 bits per heavy atom. The van der Waals surface area contributed by atoms with Crippen LogP contribution < -0.4 is 11.1 Å². The number of halogens is 2. The fourth-order valence-electron chi connectivity index (χ4n) is 3.10. The Hall–Kier alpha value is -2.44. The number of nitrogens with zero attached hydrogens (tertiary/aromatic N) is 1. The van der Waals surface area contributed by atoms with E-state index >= 15 is 0 Å². The van der Waals surface area contributed by atoms with E-state index in [1.54, 1.807) is 29.2 Å². The Bertz CT molecular complexity index is 844. The van der Waals surface area contributed by atoms with Crippen LogP contribution in [0.25, 0.3) is 0 Å². The predicted octanol–water partition coefficient (Wildman–Crippen LogP) is 3.37. The van der Waals surface area contributed by atoms with Crippen molar-refractivity contribution in [3.8, 4) is 0 Å². The lowest BCUT2D eigenvalue weighted by Crippen LogP contribution is -2.45. The smallest absolute Gasteiger partial charge is 0.258 e. The zero-order chi connectivity index (χ0) is 18.7. The van der Waals surface area contributed by atoms with Gasteiger partial charge in [0.1, 0.15) is 5.82 Å². The molecule has 0 saturated carbocycles. The minimum Gasteiger partial charge on any atom is -0.337 e. The third kappa shape index (κ3) is 4.84. The van der Waals surface area contributed by atoms with Crippen LogP contribution in [0.5, 0.6) is 0 Å². The molecule has 1 unspecified atom stereocenters. The number of aryl methyl sites for hydroxylation is 1. The van der Waals surface area contributed by atoms with Crippen LogP contribution in [0.4, 0.5) is 10.1 Å². The molecular formula is C20H23ClFN3O2. The molecule has 1 heterocycles. The first-order valence-corrected chi connectivity index (χ1v) is 8.67. The van der Waals surface area contributed by atoms with E-state index in [1.807, 2.05) is 6.92 Å². The predicted molar refractivity (Wildman–Crippen MR) is 106 cm³/mol. The zero-order valence-electron chi connectivity index (χ0n) is 15.1. The molecular weight excluding hydrogens is 369 g/mol. The Kier molecular flexibility index (Phi) is 6.93. The summed E-state index contributed by atoms with van der Waals surface area (Å²) in [5, 5.41) is 2.70. The molecule has 1 atom stereocenters. The highest BCUT2D eigenvalue weighted by molar-refractivity contribution is 6.05. The number of benzene rings is 2. The molecule has 2 amide bonds. The van der Waals surface area contributed by atoms with E-state index in [9.17, 15) is 14.0 Å². The summed E-state index contributed by atoms with van der Waals surface area (Å²) in [7, 11) is 0. The minimum absolute atomic E-state index is 0. The first kappa shape index (κ1) is 20.9. The molecule has 1 fully saturated rings. The molecule has 0 aromatic heterocycles. The summed E-state index contributed by atoms with van der Waals surface area (Å²) in [6.07, 6.45) is 1.80. The summed E-state index contributed by atoms with van der Waals surface area (Å²) in [4.78, 5) is 26.8. The molecule has 2 aromatic rings. The Balaban J connectivity index is 0.00000261. The summed E-state index contributed by atoms with van der Waals surface area (Å²) < 4.78 is 13.8. The number of carbonyl (C=O) groups excluding carboxylic acids is 2. The average Bonchev–Trinajstić information content (AvgIpc) is 2.63. The van der Waals surface area contributed by atoms with Gasteiger partial charge in [0.15, 0.2) is 0 Å². The van der Waals surface area contributed by atoms with Gasteiger partial charge in [-0.05, 0) is 49.6 Å². The maximum Gasteiger partial charge on any atom is 0.258 e. The van der Waals surface area contributed by atoms with Gasteiger partial charge in [-0.15, -0.1) is 12.4 Å². The number of hydrogen-bond donors (Lipinski definition) is 2. The Morgan fingerprint density at radius 2 is 1.96 bits per heavy atom. The lowest BCUT2D eigenvalue weighted by molar-refractivity contribution is 0.0708. The molecule has 3 rings (SSSR count). The third-order valence-corrected chi connectivity index (χ3v) is 4.60. The fraction of sp³-hybridized carbons (Fsp3) is 0.300. The second-order valence-electron chi connectivity index (χ2n) is 6.62. The van der Waals surface area contributed by atoms with Crippen molar-refractivity contribution in [3.63, 3.8) is 0 Å². The monoisotopic (exact) mass is 391 g/mol. The van der Waals surface area contributed by atoms with E-state index in [4.69, 9.17) is 5.73 Å². The highest BCUT2D eigenvalue weighted by Gasteiger charge is 2.23. The van der Waals surface area contributed by atoms with Crippen molar-refractivity contribution in [2.24, 2.45) is 5.73 Å². The van der Waals surface area contributed by atoms with Gasteiger partial charge in [0.2, 0.25) is 0 Å². The molecule has 144 valence electrons. The van der Waals surface area contributed by atoms with Crippen LogP contribution >= 0.6 is 12.4 Å². The molecule has 1 saturated heterocycles. The van der Waals surface area contributed by atoms with Crippen molar-refractivity contribution < 1.29 is 14.0 Å².